The van der Waals surface area contributed by atoms with Crippen molar-refractivity contribution in [3.8, 4) is 0 Å². The average molecular weight is 262 g/mol. The quantitative estimate of drug-likeness (QED) is 0.753. The molecule has 4 N–H and O–H groups in total. The van der Waals surface area contributed by atoms with Gasteiger partial charge in [-0.3, -0.25) is 0 Å². The molecule has 7 heteroatoms. The number of amides is 1. The number of aryl methyl sites for hydroxylation is 1. The van der Waals surface area contributed by atoms with Crippen molar-refractivity contribution in [3.63, 3.8) is 0 Å². The lowest BCUT2D eigenvalue weighted by atomic mass is 10.1. The van der Waals surface area contributed by atoms with Crippen molar-refractivity contribution in [2.45, 2.75) is 18.9 Å². The molecule has 0 aliphatic rings. The minimum atomic E-state index is -1.14. The van der Waals surface area contributed by atoms with E-state index in [9.17, 15) is 4.79 Å². The van der Waals surface area contributed by atoms with Gasteiger partial charge in [0, 0.05) is 0 Å². The molecule has 0 saturated carbocycles. The summed E-state index contributed by atoms with van der Waals surface area (Å²) in [7, 11) is 0. The number of hydrogen-bond acceptors (Lipinski definition) is 5. The van der Waals surface area contributed by atoms with Crippen LogP contribution in [0.2, 0.25) is 0 Å². The molecule has 0 saturated heterocycles. The SMILES string of the molecule is Nc1nnc(C(CCc2ccccc2)NC(=O)O)o1. The highest BCUT2D eigenvalue weighted by atomic mass is 16.4. The highest BCUT2D eigenvalue weighted by molar-refractivity contribution is 5.64. The summed E-state index contributed by atoms with van der Waals surface area (Å²) in [5, 5.41) is 18.4. The van der Waals surface area contributed by atoms with Gasteiger partial charge in [0.15, 0.2) is 0 Å². The van der Waals surface area contributed by atoms with Gasteiger partial charge in [-0.2, -0.15) is 0 Å². The number of carbonyl (C=O) groups is 1. The monoisotopic (exact) mass is 262 g/mol. The fourth-order valence-corrected chi connectivity index (χ4v) is 1.75. The van der Waals surface area contributed by atoms with Crippen molar-refractivity contribution < 1.29 is 14.3 Å². The van der Waals surface area contributed by atoms with E-state index in [0.717, 1.165) is 5.56 Å². The van der Waals surface area contributed by atoms with Crippen LogP contribution in [0.5, 0.6) is 0 Å². The number of benzene rings is 1. The van der Waals surface area contributed by atoms with E-state index in [0.29, 0.717) is 12.8 Å². The number of hydrogen-bond donors (Lipinski definition) is 3. The molecule has 1 aromatic carbocycles. The average Bonchev–Trinajstić information content (AvgIpc) is 2.82. The Morgan fingerprint density at radius 2 is 2.11 bits per heavy atom. The van der Waals surface area contributed by atoms with E-state index in [2.05, 4.69) is 15.5 Å². The summed E-state index contributed by atoms with van der Waals surface area (Å²) in [4.78, 5) is 10.8. The van der Waals surface area contributed by atoms with Crippen LogP contribution in [-0.2, 0) is 6.42 Å². The Balaban J connectivity index is 2.04. The molecule has 1 unspecified atom stereocenters. The van der Waals surface area contributed by atoms with Gasteiger partial charge in [-0.1, -0.05) is 35.4 Å². The number of carboxylic acid groups (broad SMARTS) is 1. The summed E-state index contributed by atoms with van der Waals surface area (Å²) >= 11 is 0. The van der Waals surface area contributed by atoms with Crippen LogP contribution < -0.4 is 11.1 Å². The van der Waals surface area contributed by atoms with Crippen LogP contribution >= 0.6 is 0 Å². The van der Waals surface area contributed by atoms with E-state index in [1.165, 1.54) is 0 Å². The molecular formula is C12H14N4O3. The third-order valence-electron chi connectivity index (χ3n) is 2.62. The third kappa shape index (κ3) is 3.70. The number of anilines is 1. The molecule has 19 heavy (non-hydrogen) atoms. The van der Waals surface area contributed by atoms with E-state index < -0.39 is 12.1 Å². The van der Waals surface area contributed by atoms with E-state index in [4.69, 9.17) is 15.3 Å². The lowest BCUT2D eigenvalue weighted by molar-refractivity contribution is 0.186. The lowest BCUT2D eigenvalue weighted by Gasteiger charge is -2.12. The minimum absolute atomic E-state index is 0.0769. The van der Waals surface area contributed by atoms with Crippen molar-refractivity contribution in [3.05, 3.63) is 41.8 Å². The number of nitrogens with two attached hydrogens (primary N) is 1. The van der Waals surface area contributed by atoms with Gasteiger partial charge in [0.05, 0.1) is 0 Å². The van der Waals surface area contributed by atoms with Crippen molar-refractivity contribution in [2.24, 2.45) is 0 Å². The normalized spacial score (nSPS) is 12.0. The zero-order valence-electron chi connectivity index (χ0n) is 10.1. The second-order valence-electron chi connectivity index (χ2n) is 4.00. The molecular weight excluding hydrogens is 248 g/mol. The second kappa shape index (κ2) is 5.85. The van der Waals surface area contributed by atoms with Gasteiger partial charge in [0.25, 0.3) is 0 Å². The topological polar surface area (TPSA) is 114 Å². The maximum Gasteiger partial charge on any atom is 0.405 e. The molecule has 0 spiro atoms. The first-order valence-corrected chi connectivity index (χ1v) is 5.77. The van der Waals surface area contributed by atoms with Gasteiger partial charge in [-0.25, -0.2) is 4.79 Å². The molecule has 1 heterocycles. The third-order valence-corrected chi connectivity index (χ3v) is 2.62. The molecule has 0 aliphatic carbocycles. The first-order valence-electron chi connectivity index (χ1n) is 5.77. The zero-order chi connectivity index (χ0) is 13.7. The Bertz CT molecular complexity index is 541. The Morgan fingerprint density at radius 3 is 2.68 bits per heavy atom. The number of nitrogens with one attached hydrogen (secondary N) is 1. The Hall–Kier alpha value is -2.57. The summed E-state index contributed by atoms with van der Waals surface area (Å²) in [5.41, 5.74) is 6.44. The van der Waals surface area contributed by atoms with Crippen LogP contribution in [0.4, 0.5) is 10.8 Å². The molecule has 100 valence electrons. The van der Waals surface area contributed by atoms with E-state index in [-0.39, 0.29) is 11.9 Å². The lowest BCUT2D eigenvalue weighted by Crippen LogP contribution is -2.27. The fourth-order valence-electron chi connectivity index (χ4n) is 1.75. The van der Waals surface area contributed by atoms with Crippen molar-refractivity contribution in [2.75, 3.05) is 5.73 Å². The number of rotatable bonds is 5. The summed E-state index contributed by atoms with van der Waals surface area (Å²) < 4.78 is 5.06. The Kier molecular flexibility index (Phi) is 3.97. The largest absolute Gasteiger partial charge is 0.465 e. The molecule has 0 aliphatic heterocycles. The molecule has 2 rings (SSSR count). The Labute approximate surface area is 109 Å². The second-order valence-corrected chi connectivity index (χ2v) is 4.00. The van der Waals surface area contributed by atoms with E-state index >= 15 is 0 Å². The highest BCUT2D eigenvalue weighted by Gasteiger charge is 2.20. The van der Waals surface area contributed by atoms with E-state index in [1.807, 2.05) is 30.3 Å². The number of nitrogens with zero attached hydrogens (tertiary/aromatic N) is 2. The van der Waals surface area contributed by atoms with Crippen molar-refractivity contribution in [1.82, 2.24) is 15.5 Å². The summed E-state index contributed by atoms with van der Waals surface area (Å²) in [6.07, 6.45) is 0.0567. The van der Waals surface area contributed by atoms with Gasteiger partial charge in [-0.05, 0) is 18.4 Å². The van der Waals surface area contributed by atoms with Crippen LogP contribution in [0.1, 0.15) is 23.9 Å². The Morgan fingerprint density at radius 1 is 1.37 bits per heavy atom. The van der Waals surface area contributed by atoms with Crippen LogP contribution in [0.25, 0.3) is 0 Å². The molecule has 0 radical (unpaired) electrons. The summed E-state index contributed by atoms with van der Waals surface area (Å²) in [6.45, 7) is 0. The van der Waals surface area contributed by atoms with Gasteiger partial charge in [0.2, 0.25) is 5.89 Å². The van der Waals surface area contributed by atoms with Crippen LogP contribution in [0, 0.1) is 0 Å². The zero-order valence-corrected chi connectivity index (χ0v) is 10.1. The van der Waals surface area contributed by atoms with Crippen LogP contribution in [0.3, 0.4) is 0 Å². The molecule has 1 amide bonds. The summed E-state index contributed by atoms with van der Waals surface area (Å²) in [6, 6.07) is 9.09. The molecule has 0 bridgehead atoms. The molecule has 1 aromatic heterocycles. The maximum absolute atomic E-state index is 10.8. The van der Waals surface area contributed by atoms with Gasteiger partial charge in [-0.15, -0.1) is 5.10 Å². The van der Waals surface area contributed by atoms with Crippen LogP contribution in [0.15, 0.2) is 34.7 Å². The van der Waals surface area contributed by atoms with E-state index in [1.54, 1.807) is 0 Å². The number of aromatic nitrogens is 2. The van der Waals surface area contributed by atoms with Crippen molar-refractivity contribution >= 4 is 12.1 Å². The van der Waals surface area contributed by atoms with Gasteiger partial charge in [0.1, 0.15) is 6.04 Å². The van der Waals surface area contributed by atoms with Gasteiger partial charge >= 0.3 is 12.1 Å². The molecule has 2 aromatic rings. The van der Waals surface area contributed by atoms with Crippen molar-refractivity contribution in [1.29, 1.82) is 0 Å². The van der Waals surface area contributed by atoms with Gasteiger partial charge < -0.3 is 20.6 Å². The first kappa shape index (κ1) is 12.9. The summed E-state index contributed by atoms with van der Waals surface area (Å²) in [5.74, 6) is 0.177. The maximum atomic E-state index is 10.8. The fraction of sp³-hybridized carbons (Fsp3) is 0.250. The highest BCUT2D eigenvalue weighted by Crippen LogP contribution is 2.18. The standard InChI is InChI=1S/C12H14N4O3/c13-11-16-15-10(19-11)9(14-12(17)18)7-6-8-4-2-1-3-5-8/h1-5,9,14H,6-7H2,(H2,13,16)(H,17,18). The van der Waals surface area contributed by atoms with Crippen LogP contribution in [-0.4, -0.2) is 21.4 Å². The smallest absolute Gasteiger partial charge is 0.405 e. The molecule has 0 fully saturated rings. The predicted octanol–water partition coefficient (Wildman–Crippen LogP) is 1.59. The predicted molar refractivity (Wildman–Crippen MR) is 67.4 cm³/mol. The number of nitrogen functional groups attached to an aromatic ring is 1. The first-order chi connectivity index (χ1) is 9.15. The minimum Gasteiger partial charge on any atom is -0.465 e. The molecule has 1 atom stereocenters. The molecule has 7 nitrogen and oxygen atoms in total.